The van der Waals surface area contributed by atoms with E-state index in [-0.39, 0.29) is 0 Å². The minimum Gasteiger partial charge on any atom is -0.495 e. The van der Waals surface area contributed by atoms with Crippen LogP contribution in [0.3, 0.4) is 0 Å². The molecule has 0 aliphatic heterocycles. The molecule has 2 nitrogen and oxygen atoms in total. The van der Waals surface area contributed by atoms with Crippen molar-refractivity contribution in [1.29, 1.82) is 0 Å². The van der Waals surface area contributed by atoms with E-state index in [0.717, 1.165) is 34.2 Å². The highest BCUT2D eigenvalue weighted by Gasteiger charge is 2.30. The van der Waals surface area contributed by atoms with Gasteiger partial charge in [0.15, 0.2) is 0 Å². The lowest BCUT2D eigenvalue weighted by Crippen LogP contribution is -2.03. The fraction of sp³-hybridized carbons (Fsp3) is 0.125. The van der Waals surface area contributed by atoms with E-state index in [1.807, 2.05) is 12.1 Å². The number of hydrogen-bond donors (Lipinski definition) is 1. The summed E-state index contributed by atoms with van der Waals surface area (Å²) in [7, 11) is 1.58. The van der Waals surface area contributed by atoms with Gasteiger partial charge in [0.25, 0.3) is 0 Å². The van der Waals surface area contributed by atoms with E-state index in [9.17, 15) is 13.2 Å². The Morgan fingerprint density at radius 1 is 0.952 bits per heavy atom. The summed E-state index contributed by atoms with van der Waals surface area (Å²) in [6.07, 6.45) is -2.54. The number of rotatable bonds is 2. The van der Waals surface area contributed by atoms with Gasteiger partial charge in [-0.05, 0) is 41.5 Å². The van der Waals surface area contributed by atoms with Crippen molar-refractivity contribution in [2.24, 2.45) is 0 Å². The average Bonchev–Trinajstić information content (AvgIpc) is 2.95. The minimum atomic E-state index is -4.32. The maximum atomic E-state index is 12.6. The summed E-state index contributed by atoms with van der Waals surface area (Å²) < 4.78 is 43.1. The molecule has 3 rings (SSSR count). The van der Waals surface area contributed by atoms with Crippen molar-refractivity contribution in [3.05, 3.63) is 54.2 Å². The molecular weight excluding hydrogens is 279 g/mol. The third-order valence-electron chi connectivity index (χ3n) is 3.43. The zero-order valence-electron chi connectivity index (χ0n) is 11.2. The fourth-order valence-electron chi connectivity index (χ4n) is 2.39. The molecule has 0 unspecified atom stereocenters. The van der Waals surface area contributed by atoms with E-state index in [1.54, 1.807) is 19.4 Å². The number of H-pyrrole nitrogens is 1. The number of alkyl halides is 3. The number of aromatic nitrogens is 1. The van der Waals surface area contributed by atoms with Crippen LogP contribution < -0.4 is 4.74 Å². The van der Waals surface area contributed by atoms with Gasteiger partial charge in [-0.25, -0.2) is 0 Å². The van der Waals surface area contributed by atoms with Gasteiger partial charge in [-0.2, -0.15) is 13.2 Å². The third-order valence-corrected chi connectivity index (χ3v) is 3.43. The first kappa shape index (κ1) is 13.5. The maximum Gasteiger partial charge on any atom is 0.416 e. The van der Waals surface area contributed by atoms with Crippen LogP contribution in [0.1, 0.15) is 5.56 Å². The molecule has 0 atom stereocenters. The molecule has 0 amide bonds. The van der Waals surface area contributed by atoms with Gasteiger partial charge in [0.05, 0.1) is 18.2 Å². The molecule has 0 spiro atoms. The summed E-state index contributed by atoms with van der Waals surface area (Å²) in [4.78, 5) is 3.08. The van der Waals surface area contributed by atoms with Crippen molar-refractivity contribution < 1.29 is 17.9 Å². The molecule has 0 bridgehead atoms. The lowest BCUT2D eigenvalue weighted by Gasteiger charge is -2.10. The van der Waals surface area contributed by atoms with Gasteiger partial charge in [-0.3, -0.25) is 0 Å². The number of fused-ring (bicyclic) bond motifs is 1. The molecule has 1 heterocycles. The van der Waals surface area contributed by atoms with Gasteiger partial charge in [0.2, 0.25) is 0 Å². The number of aromatic amines is 1. The Labute approximate surface area is 119 Å². The smallest absolute Gasteiger partial charge is 0.416 e. The Balaban J connectivity index is 2.11. The van der Waals surface area contributed by atoms with Crippen LogP contribution in [0.4, 0.5) is 13.2 Å². The average molecular weight is 291 g/mol. The number of methoxy groups -OCH3 is 1. The van der Waals surface area contributed by atoms with Crippen LogP contribution in [0.15, 0.2) is 48.7 Å². The molecule has 0 aliphatic rings. The van der Waals surface area contributed by atoms with Crippen LogP contribution in [0.5, 0.6) is 5.75 Å². The summed E-state index contributed by atoms with van der Waals surface area (Å²) in [5.41, 5.74) is 1.77. The SMILES string of the molecule is COc1ccc(-c2ccc(C(F)(F)F)cc2)c2cc[nH]c12. The second kappa shape index (κ2) is 4.84. The van der Waals surface area contributed by atoms with E-state index in [2.05, 4.69) is 4.98 Å². The zero-order valence-corrected chi connectivity index (χ0v) is 11.2. The minimum absolute atomic E-state index is 0.648. The van der Waals surface area contributed by atoms with Crippen molar-refractivity contribution in [3.8, 4) is 16.9 Å². The molecule has 1 aromatic heterocycles. The van der Waals surface area contributed by atoms with E-state index in [1.165, 1.54) is 12.1 Å². The molecule has 5 heteroatoms. The lowest BCUT2D eigenvalue weighted by atomic mass is 10.00. The number of halogens is 3. The molecule has 0 radical (unpaired) electrons. The number of benzene rings is 2. The van der Waals surface area contributed by atoms with Crippen molar-refractivity contribution >= 4 is 10.9 Å². The molecule has 1 N–H and O–H groups in total. The van der Waals surface area contributed by atoms with Crippen LogP contribution in [0.25, 0.3) is 22.0 Å². The monoisotopic (exact) mass is 291 g/mol. The highest BCUT2D eigenvalue weighted by Crippen LogP contribution is 2.35. The van der Waals surface area contributed by atoms with Crippen LogP contribution in [-0.2, 0) is 6.18 Å². The molecule has 0 saturated carbocycles. The Bertz CT molecular complexity index is 772. The van der Waals surface area contributed by atoms with E-state index in [0.29, 0.717) is 5.75 Å². The molecule has 2 aromatic carbocycles. The van der Waals surface area contributed by atoms with Crippen LogP contribution >= 0.6 is 0 Å². The van der Waals surface area contributed by atoms with E-state index in [4.69, 9.17) is 4.74 Å². The summed E-state index contributed by atoms with van der Waals surface area (Å²) in [5.74, 6) is 0.700. The summed E-state index contributed by atoms with van der Waals surface area (Å²) in [6, 6.07) is 10.7. The predicted molar refractivity (Wildman–Crippen MR) is 75.3 cm³/mol. The molecule has 0 fully saturated rings. The maximum absolute atomic E-state index is 12.6. The lowest BCUT2D eigenvalue weighted by molar-refractivity contribution is -0.137. The summed E-state index contributed by atoms with van der Waals surface area (Å²) >= 11 is 0. The van der Waals surface area contributed by atoms with Gasteiger partial charge < -0.3 is 9.72 Å². The van der Waals surface area contributed by atoms with Crippen molar-refractivity contribution in [1.82, 2.24) is 4.98 Å². The highest BCUT2D eigenvalue weighted by atomic mass is 19.4. The first-order chi connectivity index (χ1) is 10.0. The molecule has 108 valence electrons. The number of hydrogen-bond acceptors (Lipinski definition) is 1. The quantitative estimate of drug-likeness (QED) is 0.716. The standard InChI is InChI=1S/C16H12F3NO/c1-21-14-7-6-12(13-8-9-20-15(13)14)10-2-4-11(5-3-10)16(17,18)19/h2-9,20H,1H3. The molecule has 3 aromatic rings. The van der Waals surface area contributed by atoms with Gasteiger partial charge in [-0.1, -0.05) is 12.1 Å². The second-order valence-electron chi connectivity index (χ2n) is 4.66. The molecule has 21 heavy (non-hydrogen) atoms. The first-order valence-corrected chi connectivity index (χ1v) is 6.32. The van der Waals surface area contributed by atoms with Gasteiger partial charge >= 0.3 is 6.18 Å². The van der Waals surface area contributed by atoms with Gasteiger partial charge in [-0.15, -0.1) is 0 Å². The summed E-state index contributed by atoms with van der Waals surface area (Å²) in [5, 5.41) is 0.911. The normalized spacial score (nSPS) is 11.8. The zero-order chi connectivity index (χ0) is 15.0. The van der Waals surface area contributed by atoms with Crippen LogP contribution in [0, 0.1) is 0 Å². The van der Waals surface area contributed by atoms with Crippen molar-refractivity contribution in [2.45, 2.75) is 6.18 Å². The Morgan fingerprint density at radius 3 is 2.29 bits per heavy atom. The Hall–Kier alpha value is -2.43. The Morgan fingerprint density at radius 2 is 1.67 bits per heavy atom. The molecule has 0 saturated heterocycles. The van der Waals surface area contributed by atoms with Crippen LogP contribution in [-0.4, -0.2) is 12.1 Å². The molecule has 0 aliphatic carbocycles. The second-order valence-corrected chi connectivity index (χ2v) is 4.66. The first-order valence-electron chi connectivity index (χ1n) is 6.32. The van der Waals surface area contributed by atoms with Crippen molar-refractivity contribution in [2.75, 3.05) is 7.11 Å². The fourth-order valence-corrected chi connectivity index (χ4v) is 2.39. The topological polar surface area (TPSA) is 25.0 Å². The van der Waals surface area contributed by atoms with Crippen LogP contribution in [0.2, 0.25) is 0 Å². The summed E-state index contributed by atoms with van der Waals surface area (Å²) in [6.45, 7) is 0. The van der Waals surface area contributed by atoms with E-state index < -0.39 is 11.7 Å². The van der Waals surface area contributed by atoms with Gasteiger partial charge in [0, 0.05) is 11.6 Å². The molecular formula is C16H12F3NO. The predicted octanol–water partition coefficient (Wildman–Crippen LogP) is 4.86. The Kier molecular flexibility index (Phi) is 3.12. The van der Waals surface area contributed by atoms with Gasteiger partial charge in [0.1, 0.15) is 5.75 Å². The number of ether oxygens (including phenoxy) is 1. The van der Waals surface area contributed by atoms with E-state index >= 15 is 0 Å². The third kappa shape index (κ3) is 2.35. The largest absolute Gasteiger partial charge is 0.495 e. The highest BCUT2D eigenvalue weighted by molar-refractivity contribution is 5.98. The van der Waals surface area contributed by atoms with Crippen molar-refractivity contribution in [3.63, 3.8) is 0 Å². The number of nitrogens with one attached hydrogen (secondary N) is 1.